The molecular formula is C15H26O. The van der Waals surface area contributed by atoms with Crippen molar-refractivity contribution < 1.29 is 5.11 Å². The fraction of sp³-hybridized carbons (Fsp3) is 0.733. The first-order valence-corrected chi connectivity index (χ1v) is 6.79. The van der Waals surface area contributed by atoms with Gasteiger partial charge in [-0.1, -0.05) is 63.8 Å². The van der Waals surface area contributed by atoms with Crippen molar-refractivity contribution in [2.24, 2.45) is 5.92 Å². The van der Waals surface area contributed by atoms with E-state index >= 15 is 0 Å². The van der Waals surface area contributed by atoms with Gasteiger partial charge in [0.15, 0.2) is 0 Å². The highest BCUT2D eigenvalue weighted by molar-refractivity contribution is 5.19. The number of aliphatic hydroxyl groups is 1. The lowest BCUT2D eigenvalue weighted by Gasteiger charge is -2.34. The fourth-order valence-electron chi connectivity index (χ4n) is 2.47. The lowest BCUT2D eigenvalue weighted by atomic mass is 9.77. The monoisotopic (exact) mass is 222 g/mol. The van der Waals surface area contributed by atoms with Crippen molar-refractivity contribution >= 4 is 0 Å². The first-order chi connectivity index (χ1) is 7.73. The summed E-state index contributed by atoms with van der Waals surface area (Å²) in [6.07, 6.45) is 16.1. The average Bonchev–Trinajstić information content (AvgIpc) is 2.30. The molecule has 0 aromatic carbocycles. The Morgan fingerprint density at radius 1 is 1.12 bits per heavy atom. The lowest BCUT2D eigenvalue weighted by Crippen LogP contribution is -2.36. The third kappa shape index (κ3) is 3.79. The molecular weight excluding hydrogens is 196 g/mol. The maximum absolute atomic E-state index is 10.6. The van der Waals surface area contributed by atoms with Crippen LogP contribution in [0.2, 0.25) is 0 Å². The number of hydrogen-bond acceptors (Lipinski definition) is 1. The third-order valence-electron chi connectivity index (χ3n) is 3.60. The Labute approximate surface area is 100 Å². The minimum atomic E-state index is -0.570. The van der Waals surface area contributed by atoms with E-state index in [1.165, 1.54) is 25.7 Å². The molecule has 92 valence electrons. The molecule has 0 bridgehead atoms. The molecule has 0 aromatic rings. The van der Waals surface area contributed by atoms with Gasteiger partial charge < -0.3 is 5.11 Å². The summed E-state index contributed by atoms with van der Waals surface area (Å²) in [6, 6.07) is 0. The summed E-state index contributed by atoms with van der Waals surface area (Å²) in [5.74, 6) is 0.439. The van der Waals surface area contributed by atoms with Crippen LogP contribution in [0.15, 0.2) is 24.3 Å². The molecule has 1 unspecified atom stereocenters. The third-order valence-corrected chi connectivity index (χ3v) is 3.60. The molecule has 1 aliphatic carbocycles. The first kappa shape index (κ1) is 13.5. The van der Waals surface area contributed by atoms with Crippen molar-refractivity contribution in [3.05, 3.63) is 24.3 Å². The van der Waals surface area contributed by atoms with Gasteiger partial charge in [0.05, 0.1) is 5.60 Å². The summed E-state index contributed by atoms with van der Waals surface area (Å²) in [4.78, 5) is 0. The molecule has 1 N–H and O–H groups in total. The van der Waals surface area contributed by atoms with E-state index < -0.39 is 5.60 Å². The molecule has 0 radical (unpaired) electrons. The van der Waals surface area contributed by atoms with Gasteiger partial charge in [-0.15, -0.1) is 0 Å². The van der Waals surface area contributed by atoms with E-state index in [1.807, 2.05) is 18.2 Å². The highest BCUT2D eigenvalue weighted by Crippen LogP contribution is 2.33. The van der Waals surface area contributed by atoms with Crippen molar-refractivity contribution in [2.45, 2.75) is 64.4 Å². The van der Waals surface area contributed by atoms with Gasteiger partial charge in [-0.25, -0.2) is 0 Å². The van der Waals surface area contributed by atoms with Crippen molar-refractivity contribution in [1.82, 2.24) is 0 Å². The van der Waals surface area contributed by atoms with Gasteiger partial charge in [0, 0.05) is 0 Å². The van der Waals surface area contributed by atoms with Crippen LogP contribution >= 0.6 is 0 Å². The molecule has 0 aliphatic heterocycles. The Bertz CT molecular complexity index is 234. The maximum atomic E-state index is 10.6. The van der Waals surface area contributed by atoms with Crippen LogP contribution in [0, 0.1) is 5.92 Å². The van der Waals surface area contributed by atoms with Gasteiger partial charge in [-0.3, -0.25) is 0 Å². The minimum Gasteiger partial charge on any atom is -0.385 e. The van der Waals surface area contributed by atoms with Crippen molar-refractivity contribution in [3.63, 3.8) is 0 Å². The zero-order valence-corrected chi connectivity index (χ0v) is 10.8. The molecule has 0 saturated carbocycles. The quantitative estimate of drug-likeness (QED) is 0.683. The Balaban J connectivity index is 2.58. The van der Waals surface area contributed by atoms with Crippen LogP contribution in [0.1, 0.15) is 58.8 Å². The molecule has 0 spiro atoms. The summed E-state index contributed by atoms with van der Waals surface area (Å²) in [6.45, 7) is 4.44. The number of hydrogen-bond donors (Lipinski definition) is 1. The maximum Gasteiger partial charge on any atom is 0.0893 e. The van der Waals surface area contributed by atoms with Crippen LogP contribution in [-0.2, 0) is 0 Å². The van der Waals surface area contributed by atoms with E-state index in [0.29, 0.717) is 5.92 Å². The Morgan fingerprint density at radius 3 is 2.19 bits per heavy atom. The SMILES string of the molecule is CCCCC(CCCC)C1(O)C=CC=CC1. The Kier molecular flexibility index (Phi) is 5.83. The standard InChI is InChI=1S/C15H26O/c1-3-5-10-14(11-6-4-2)15(16)12-8-7-9-13-15/h7-9,12,14,16H,3-6,10-11,13H2,1-2H3. The van der Waals surface area contributed by atoms with E-state index in [4.69, 9.17) is 0 Å². The van der Waals surface area contributed by atoms with E-state index in [1.54, 1.807) is 0 Å². The van der Waals surface area contributed by atoms with Crippen molar-refractivity contribution in [2.75, 3.05) is 0 Å². The second-order valence-electron chi connectivity index (χ2n) is 4.96. The number of unbranched alkanes of at least 4 members (excludes halogenated alkanes) is 2. The van der Waals surface area contributed by atoms with Crippen LogP contribution in [-0.4, -0.2) is 10.7 Å². The predicted octanol–water partition coefficient (Wildman–Crippen LogP) is 4.23. The van der Waals surface area contributed by atoms with Crippen LogP contribution in [0.5, 0.6) is 0 Å². The lowest BCUT2D eigenvalue weighted by molar-refractivity contribution is 0.0195. The number of allylic oxidation sites excluding steroid dienone is 2. The van der Waals surface area contributed by atoms with Crippen LogP contribution in [0.4, 0.5) is 0 Å². The van der Waals surface area contributed by atoms with Gasteiger partial charge in [-0.2, -0.15) is 0 Å². The second-order valence-corrected chi connectivity index (χ2v) is 4.96. The zero-order valence-electron chi connectivity index (χ0n) is 10.8. The van der Waals surface area contributed by atoms with E-state index in [0.717, 1.165) is 19.3 Å². The second kappa shape index (κ2) is 6.90. The van der Waals surface area contributed by atoms with Crippen LogP contribution < -0.4 is 0 Å². The summed E-state index contributed by atoms with van der Waals surface area (Å²) >= 11 is 0. The normalized spacial score (nSPS) is 24.2. The molecule has 0 heterocycles. The largest absolute Gasteiger partial charge is 0.385 e. The van der Waals surface area contributed by atoms with Gasteiger partial charge >= 0.3 is 0 Å². The smallest absolute Gasteiger partial charge is 0.0893 e. The Morgan fingerprint density at radius 2 is 1.75 bits per heavy atom. The summed E-state index contributed by atoms with van der Waals surface area (Å²) < 4.78 is 0. The van der Waals surface area contributed by atoms with Gasteiger partial charge in [0.2, 0.25) is 0 Å². The van der Waals surface area contributed by atoms with E-state index in [9.17, 15) is 5.11 Å². The van der Waals surface area contributed by atoms with Crippen LogP contribution in [0.25, 0.3) is 0 Å². The molecule has 1 nitrogen and oxygen atoms in total. The average molecular weight is 222 g/mol. The summed E-state index contributed by atoms with van der Waals surface area (Å²) in [5, 5.41) is 10.6. The molecule has 0 fully saturated rings. The highest BCUT2D eigenvalue weighted by Gasteiger charge is 2.32. The van der Waals surface area contributed by atoms with Gasteiger partial charge in [-0.05, 0) is 25.2 Å². The molecule has 1 rings (SSSR count). The molecule has 0 saturated heterocycles. The van der Waals surface area contributed by atoms with E-state index in [-0.39, 0.29) is 0 Å². The molecule has 1 atom stereocenters. The summed E-state index contributed by atoms with van der Waals surface area (Å²) in [5.41, 5.74) is -0.570. The topological polar surface area (TPSA) is 20.2 Å². The molecule has 16 heavy (non-hydrogen) atoms. The number of rotatable bonds is 7. The van der Waals surface area contributed by atoms with Crippen molar-refractivity contribution in [1.29, 1.82) is 0 Å². The van der Waals surface area contributed by atoms with Gasteiger partial charge in [0.1, 0.15) is 0 Å². The molecule has 0 aromatic heterocycles. The molecule has 0 amide bonds. The molecule has 1 heteroatoms. The highest BCUT2D eigenvalue weighted by atomic mass is 16.3. The first-order valence-electron chi connectivity index (χ1n) is 6.79. The zero-order chi connectivity index (χ0) is 11.9. The Hall–Kier alpha value is -0.560. The molecule has 1 aliphatic rings. The predicted molar refractivity (Wildman–Crippen MR) is 70.4 cm³/mol. The van der Waals surface area contributed by atoms with Gasteiger partial charge in [0.25, 0.3) is 0 Å². The summed E-state index contributed by atoms with van der Waals surface area (Å²) in [7, 11) is 0. The van der Waals surface area contributed by atoms with Crippen LogP contribution in [0.3, 0.4) is 0 Å². The fourth-order valence-corrected chi connectivity index (χ4v) is 2.47. The van der Waals surface area contributed by atoms with Crippen molar-refractivity contribution in [3.8, 4) is 0 Å². The minimum absolute atomic E-state index is 0.439. The van der Waals surface area contributed by atoms with E-state index in [2.05, 4.69) is 19.9 Å².